The minimum atomic E-state index is 0.322. The lowest BCUT2D eigenvalue weighted by atomic mass is 10.1. The first-order valence-electron chi connectivity index (χ1n) is 5.69. The van der Waals surface area contributed by atoms with Crippen LogP contribution in [0.5, 0.6) is 0 Å². The van der Waals surface area contributed by atoms with E-state index in [2.05, 4.69) is 46.7 Å². The van der Waals surface area contributed by atoms with Gasteiger partial charge in [0.15, 0.2) is 10.3 Å². The average molecular weight is 282 g/mol. The third kappa shape index (κ3) is 3.34. The number of hydrogen-bond donors (Lipinski definition) is 1. The Morgan fingerprint density at radius 2 is 1.72 bits per heavy atom. The maximum Gasteiger partial charge on any atom is 0.174 e. The molecule has 1 heterocycles. The summed E-state index contributed by atoms with van der Waals surface area (Å²) in [6.45, 7) is 2.81. The molecular formula is C13H13Cl2N3. The van der Waals surface area contributed by atoms with Crippen LogP contribution in [0.1, 0.15) is 18.1 Å². The molecule has 1 aromatic heterocycles. The molecule has 0 saturated carbocycles. The summed E-state index contributed by atoms with van der Waals surface area (Å²) in [5, 5.41) is 11.2. The fourth-order valence-electron chi connectivity index (χ4n) is 1.57. The second-order valence-corrected chi connectivity index (χ2v) is 4.64. The Morgan fingerprint density at radius 3 is 2.39 bits per heavy atom. The minimum Gasteiger partial charge on any atom is -0.378 e. The van der Waals surface area contributed by atoms with Crippen LogP contribution in [-0.4, -0.2) is 10.2 Å². The van der Waals surface area contributed by atoms with Crippen molar-refractivity contribution >= 4 is 28.9 Å². The monoisotopic (exact) mass is 281 g/mol. The fourth-order valence-corrected chi connectivity index (χ4v) is 1.87. The van der Waals surface area contributed by atoms with Gasteiger partial charge in [0.05, 0.1) is 5.69 Å². The van der Waals surface area contributed by atoms with Crippen molar-refractivity contribution in [2.45, 2.75) is 19.9 Å². The summed E-state index contributed by atoms with van der Waals surface area (Å²) in [5.74, 6) is 0. The van der Waals surface area contributed by atoms with E-state index in [9.17, 15) is 0 Å². The van der Waals surface area contributed by atoms with Crippen molar-refractivity contribution < 1.29 is 0 Å². The first kappa shape index (κ1) is 13.1. The molecule has 2 aromatic rings. The van der Waals surface area contributed by atoms with E-state index >= 15 is 0 Å². The van der Waals surface area contributed by atoms with Gasteiger partial charge in [-0.25, -0.2) is 0 Å². The number of anilines is 1. The Morgan fingerprint density at radius 1 is 1.06 bits per heavy atom. The second kappa shape index (κ2) is 6.03. The number of nitrogens with zero attached hydrogens (tertiary/aromatic N) is 2. The Hall–Kier alpha value is -1.32. The van der Waals surface area contributed by atoms with E-state index in [-0.39, 0.29) is 0 Å². The SMILES string of the molecule is CCc1ccc(CNc2cc(Cl)nnc2Cl)cc1. The number of benzene rings is 1. The van der Waals surface area contributed by atoms with Crippen molar-refractivity contribution in [3.63, 3.8) is 0 Å². The summed E-state index contributed by atoms with van der Waals surface area (Å²) in [4.78, 5) is 0. The predicted octanol–water partition coefficient (Wildman–Crippen LogP) is 3.96. The molecule has 0 saturated heterocycles. The lowest BCUT2D eigenvalue weighted by Gasteiger charge is -2.08. The summed E-state index contributed by atoms with van der Waals surface area (Å²) in [6.07, 6.45) is 1.05. The van der Waals surface area contributed by atoms with Crippen LogP contribution < -0.4 is 5.32 Å². The summed E-state index contributed by atoms with van der Waals surface area (Å²) in [6, 6.07) is 10.1. The molecule has 0 spiro atoms. The van der Waals surface area contributed by atoms with E-state index in [0.29, 0.717) is 22.5 Å². The molecule has 0 bridgehead atoms. The molecule has 0 aliphatic carbocycles. The smallest absolute Gasteiger partial charge is 0.174 e. The van der Waals surface area contributed by atoms with E-state index in [1.54, 1.807) is 6.07 Å². The van der Waals surface area contributed by atoms with Gasteiger partial charge >= 0.3 is 0 Å². The Labute approximate surface area is 116 Å². The number of nitrogens with one attached hydrogen (secondary N) is 1. The third-order valence-corrected chi connectivity index (χ3v) is 3.10. The van der Waals surface area contributed by atoms with Crippen molar-refractivity contribution in [1.82, 2.24) is 10.2 Å². The second-order valence-electron chi connectivity index (χ2n) is 3.90. The minimum absolute atomic E-state index is 0.322. The first-order chi connectivity index (χ1) is 8.69. The molecule has 0 aliphatic rings. The molecule has 18 heavy (non-hydrogen) atoms. The van der Waals surface area contributed by atoms with E-state index < -0.39 is 0 Å². The topological polar surface area (TPSA) is 37.8 Å². The molecule has 1 N–H and O–H groups in total. The van der Waals surface area contributed by atoms with Crippen LogP contribution in [0.15, 0.2) is 30.3 Å². The largest absolute Gasteiger partial charge is 0.378 e. The van der Waals surface area contributed by atoms with Crippen LogP contribution in [0, 0.1) is 0 Å². The van der Waals surface area contributed by atoms with Crippen LogP contribution in [0.4, 0.5) is 5.69 Å². The summed E-state index contributed by atoms with van der Waals surface area (Å²) >= 11 is 11.7. The standard InChI is InChI=1S/C13H13Cl2N3/c1-2-9-3-5-10(6-4-9)8-16-11-7-12(14)17-18-13(11)15/h3-7H,2,8H2,1H3,(H,16,17). The molecule has 0 aliphatic heterocycles. The zero-order valence-electron chi connectivity index (χ0n) is 9.95. The van der Waals surface area contributed by atoms with Gasteiger partial charge in [-0.2, -0.15) is 0 Å². The zero-order valence-corrected chi connectivity index (χ0v) is 11.5. The van der Waals surface area contributed by atoms with Crippen molar-refractivity contribution in [3.8, 4) is 0 Å². The number of aryl methyl sites for hydroxylation is 1. The van der Waals surface area contributed by atoms with Crippen LogP contribution in [-0.2, 0) is 13.0 Å². The first-order valence-corrected chi connectivity index (χ1v) is 6.45. The van der Waals surface area contributed by atoms with Gasteiger partial charge in [-0.15, -0.1) is 10.2 Å². The van der Waals surface area contributed by atoms with E-state index in [4.69, 9.17) is 23.2 Å². The quantitative estimate of drug-likeness (QED) is 0.922. The highest BCUT2D eigenvalue weighted by atomic mass is 35.5. The highest BCUT2D eigenvalue weighted by Crippen LogP contribution is 2.21. The maximum absolute atomic E-state index is 5.92. The normalized spacial score (nSPS) is 10.4. The lowest BCUT2D eigenvalue weighted by molar-refractivity contribution is 1.02. The average Bonchev–Trinajstić information content (AvgIpc) is 2.40. The highest BCUT2D eigenvalue weighted by molar-refractivity contribution is 6.33. The Kier molecular flexibility index (Phi) is 4.39. The molecule has 0 unspecified atom stereocenters. The van der Waals surface area contributed by atoms with Gasteiger partial charge in [0.2, 0.25) is 0 Å². The van der Waals surface area contributed by atoms with Crippen LogP contribution in [0.25, 0.3) is 0 Å². The van der Waals surface area contributed by atoms with Crippen molar-refractivity contribution in [2.24, 2.45) is 0 Å². The number of aromatic nitrogens is 2. The van der Waals surface area contributed by atoms with Gasteiger partial charge in [0, 0.05) is 12.6 Å². The van der Waals surface area contributed by atoms with Crippen LogP contribution in [0.2, 0.25) is 10.3 Å². The number of halogens is 2. The fraction of sp³-hybridized carbons (Fsp3) is 0.231. The molecule has 3 nitrogen and oxygen atoms in total. The van der Waals surface area contributed by atoms with Gasteiger partial charge in [0.25, 0.3) is 0 Å². The lowest BCUT2D eigenvalue weighted by Crippen LogP contribution is -2.01. The molecule has 1 aromatic carbocycles. The predicted molar refractivity (Wildman–Crippen MR) is 75.2 cm³/mol. The van der Waals surface area contributed by atoms with Crippen molar-refractivity contribution in [3.05, 3.63) is 51.8 Å². The number of hydrogen-bond acceptors (Lipinski definition) is 3. The molecule has 0 radical (unpaired) electrons. The van der Waals surface area contributed by atoms with Gasteiger partial charge in [0.1, 0.15) is 0 Å². The summed E-state index contributed by atoms with van der Waals surface area (Å²) < 4.78 is 0. The van der Waals surface area contributed by atoms with Crippen LogP contribution in [0.3, 0.4) is 0 Å². The molecule has 5 heteroatoms. The van der Waals surface area contributed by atoms with Crippen molar-refractivity contribution in [2.75, 3.05) is 5.32 Å². The van der Waals surface area contributed by atoms with Gasteiger partial charge < -0.3 is 5.32 Å². The van der Waals surface area contributed by atoms with Gasteiger partial charge in [-0.1, -0.05) is 54.4 Å². The molecule has 94 valence electrons. The molecule has 0 atom stereocenters. The molecule has 0 fully saturated rings. The van der Waals surface area contributed by atoms with E-state index in [1.165, 1.54) is 11.1 Å². The Bertz CT molecular complexity index is 526. The maximum atomic E-state index is 5.92. The van der Waals surface area contributed by atoms with E-state index in [0.717, 1.165) is 6.42 Å². The molecule has 0 amide bonds. The molecular weight excluding hydrogens is 269 g/mol. The Balaban J connectivity index is 2.04. The zero-order chi connectivity index (χ0) is 13.0. The van der Waals surface area contributed by atoms with E-state index in [1.807, 2.05) is 0 Å². The third-order valence-electron chi connectivity index (χ3n) is 2.63. The molecule has 2 rings (SSSR count). The number of rotatable bonds is 4. The highest BCUT2D eigenvalue weighted by Gasteiger charge is 2.03. The van der Waals surface area contributed by atoms with Crippen LogP contribution >= 0.6 is 23.2 Å². The van der Waals surface area contributed by atoms with Crippen molar-refractivity contribution in [1.29, 1.82) is 0 Å². The van der Waals surface area contributed by atoms with Gasteiger partial charge in [-0.05, 0) is 17.5 Å². The summed E-state index contributed by atoms with van der Waals surface area (Å²) in [5.41, 5.74) is 3.19. The van der Waals surface area contributed by atoms with Gasteiger partial charge in [-0.3, -0.25) is 0 Å². The summed E-state index contributed by atoms with van der Waals surface area (Å²) in [7, 11) is 0.